The van der Waals surface area contributed by atoms with E-state index >= 15 is 0 Å². The van der Waals surface area contributed by atoms with Crippen LogP contribution >= 0.6 is 0 Å². The van der Waals surface area contributed by atoms with Gasteiger partial charge in [0.2, 0.25) is 18.5 Å². The zero-order valence-corrected chi connectivity index (χ0v) is 16.4. The highest BCUT2D eigenvalue weighted by molar-refractivity contribution is 5.91. The smallest absolute Gasteiger partial charge is 0.292 e. The number of hydrogen-bond acceptors (Lipinski definition) is 6. The van der Waals surface area contributed by atoms with Gasteiger partial charge in [0, 0.05) is 32.1 Å². The number of nitrogens with one attached hydrogen (secondary N) is 1. The van der Waals surface area contributed by atoms with Gasteiger partial charge in [-0.1, -0.05) is 24.6 Å². The van der Waals surface area contributed by atoms with E-state index in [1.807, 2.05) is 18.2 Å². The van der Waals surface area contributed by atoms with Gasteiger partial charge in [-0.25, -0.2) is 0 Å². The van der Waals surface area contributed by atoms with Crippen molar-refractivity contribution in [3.63, 3.8) is 0 Å². The summed E-state index contributed by atoms with van der Waals surface area (Å²) in [5, 5.41) is 6.61. The van der Waals surface area contributed by atoms with E-state index in [0.29, 0.717) is 31.8 Å². The number of piperidine rings is 1. The average Bonchev–Trinajstić information content (AvgIpc) is 3.43. The van der Waals surface area contributed by atoms with Crippen LogP contribution in [0.3, 0.4) is 0 Å². The van der Waals surface area contributed by atoms with Crippen molar-refractivity contribution >= 4 is 11.8 Å². The minimum Gasteiger partial charge on any atom is -0.454 e. The molecular formula is C21H25N3O5. The van der Waals surface area contributed by atoms with E-state index in [9.17, 15) is 9.59 Å². The third-order valence-electron chi connectivity index (χ3n) is 5.73. The summed E-state index contributed by atoms with van der Waals surface area (Å²) in [7, 11) is 0. The van der Waals surface area contributed by atoms with Crippen molar-refractivity contribution in [2.24, 2.45) is 11.8 Å². The van der Waals surface area contributed by atoms with E-state index in [0.717, 1.165) is 24.2 Å². The molecule has 2 atom stereocenters. The van der Waals surface area contributed by atoms with Crippen LogP contribution in [0, 0.1) is 11.8 Å². The molecule has 1 N–H and O–H groups in total. The highest BCUT2D eigenvalue weighted by Crippen LogP contribution is 2.33. The minimum atomic E-state index is -0.133. The lowest BCUT2D eigenvalue weighted by molar-refractivity contribution is -0.123. The van der Waals surface area contributed by atoms with Gasteiger partial charge in [-0.3, -0.25) is 9.59 Å². The lowest BCUT2D eigenvalue weighted by Crippen LogP contribution is -2.44. The van der Waals surface area contributed by atoms with Gasteiger partial charge in [0.15, 0.2) is 11.5 Å². The molecule has 2 aliphatic heterocycles. The number of amides is 2. The molecule has 3 heterocycles. The van der Waals surface area contributed by atoms with Crippen molar-refractivity contribution in [3.05, 3.63) is 41.8 Å². The topological polar surface area (TPSA) is 93.9 Å². The van der Waals surface area contributed by atoms with Crippen LogP contribution in [-0.4, -0.2) is 41.8 Å². The summed E-state index contributed by atoms with van der Waals surface area (Å²) in [5.74, 6) is 2.15. The molecule has 0 aliphatic carbocycles. The van der Waals surface area contributed by atoms with Gasteiger partial charge in [0.25, 0.3) is 5.91 Å². The lowest BCUT2D eigenvalue weighted by atomic mass is 9.81. The monoisotopic (exact) mass is 399 g/mol. The molecule has 1 fully saturated rings. The molecule has 1 saturated heterocycles. The molecule has 0 saturated carbocycles. The molecule has 29 heavy (non-hydrogen) atoms. The van der Waals surface area contributed by atoms with Crippen molar-refractivity contribution in [1.82, 2.24) is 15.4 Å². The second kappa shape index (κ2) is 8.55. The Morgan fingerprint density at radius 1 is 1.21 bits per heavy atom. The van der Waals surface area contributed by atoms with E-state index in [1.165, 1.54) is 6.20 Å². The number of likely N-dealkylation sites (tertiary alicyclic amines) is 1. The molecule has 8 heteroatoms. The Bertz CT molecular complexity index is 867. The first-order chi connectivity index (χ1) is 14.1. The van der Waals surface area contributed by atoms with Gasteiger partial charge in [-0.05, 0) is 36.0 Å². The third kappa shape index (κ3) is 4.36. The van der Waals surface area contributed by atoms with Crippen molar-refractivity contribution in [1.29, 1.82) is 0 Å². The number of aromatic nitrogens is 1. The number of hydrogen-bond donors (Lipinski definition) is 1. The molecular weight excluding hydrogens is 374 g/mol. The van der Waals surface area contributed by atoms with Crippen LogP contribution in [0.4, 0.5) is 0 Å². The number of carbonyl (C=O) groups excluding carboxylic acids is 2. The van der Waals surface area contributed by atoms with Crippen LogP contribution in [0.1, 0.15) is 42.3 Å². The second-order valence-corrected chi connectivity index (χ2v) is 7.51. The Hall–Kier alpha value is -3.03. The molecule has 1 aromatic heterocycles. The highest BCUT2D eigenvalue weighted by atomic mass is 16.7. The molecule has 0 radical (unpaired) electrons. The van der Waals surface area contributed by atoms with Gasteiger partial charge < -0.3 is 24.2 Å². The summed E-state index contributed by atoms with van der Waals surface area (Å²) < 4.78 is 15.7. The van der Waals surface area contributed by atoms with Crippen LogP contribution in [0.2, 0.25) is 0 Å². The largest absolute Gasteiger partial charge is 0.454 e. The van der Waals surface area contributed by atoms with E-state index in [-0.39, 0.29) is 36.2 Å². The number of nitrogens with zero attached hydrogens (tertiary/aromatic N) is 2. The molecule has 4 rings (SSSR count). The van der Waals surface area contributed by atoms with Crippen LogP contribution in [-0.2, 0) is 11.3 Å². The normalized spacial score (nSPS) is 20.5. The molecule has 2 aliphatic rings. The van der Waals surface area contributed by atoms with Gasteiger partial charge >= 0.3 is 0 Å². The summed E-state index contributed by atoms with van der Waals surface area (Å²) in [6.45, 7) is 4.05. The number of ether oxygens (including phenoxy) is 2. The second-order valence-electron chi connectivity index (χ2n) is 7.51. The molecule has 0 bridgehead atoms. The first-order valence-corrected chi connectivity index (χ1v) is 9.99. The fourth-order valence-corrected chi connectivity index (χ4v) is 4.04. The van der Waals surface area contributed by atoms with Gasteiger partial charge in [0.05, 0.1) is 6.20 Å². The molecule has 2 amide bonds. The summed E-state index contributed by atoms with van der Waals surface area (Å²) in [6.07, 6.45) is 3.66. The Morgan fingerprint density at radius 2 is 2.07 bits per heavy atom. The van der Waals surface area contributed by atoms with Crippen LogP contribution in [0.15, 0.2) is 35.0 Å². The van der Waals surface area contributed by atoms with E-state index in [2.05, 4.69) is 17.4 Å². The summed E-state index contributed by atoms with van der Waals surface area (Å²) in [6, 6.07) is 7.26. The van der Waals surface area contributed by atoms with Crippen LogP contribution in [0.5, 0.6) is 11.5 Å². The van der Waals surface area contributed by atoms with Crippen LogP contribution < -0.4 is 14.8 Å². The Labute approximate surface area is 169 Å². The molecule has 2 aromatic rings. The maximum absolute atomic E-state index is 12.5. The van der Waals surface area contributed by atoms with Crippen molar-refractivity contribution in [3.8, 4) is 11.5 Å². The molecule has 0 spiro atoms. The fourth-order valence-electron chi connectivity index (χ4n) is 4.04. The SMILES string of the molecule is CCC1CN(C(=O)c2ccno2)CCC1CC(=O)NCc1ccc2c(c1)OCO2. The standard InChI is InChI=1S/C21H25N3O5/c1-2-15-12-24(21(26)18-5-7-23-29-18)8-6-16(15)10-20(25)22-11-14-3-4-17-19(9-14)28-13-27-17/h3-5,7,9,15-16H,2,6,8,10-13H2,1H3,(H,22,25). The van der Waals surface area contributed by atoms with Crippen LogP contribution in [0.25, 0.3) is 0 Å². The maximum atomic E-state index is 12.5. The summed E-state index contributed by atoms with van der Waals surface area (Å²) in [5.41, 5.74) is 0.974. The van der Waals surface area contributed by atoms with Crippen molar-refractivity contribution < 1.29 is 23.6 Å². The Morgan fingerprint density at radius 3 is 2.86 bits per heavy atom. The molecule has 154 valence electrons. The zero-order chi connectivity index (χ0) is 20.2. The number of carbonyl (C=O) groups is 2. The third-order valence-corrected chi connectivity index (χ3v) is 5.73. The average molecular weight is 399 g/mol. The fraction of sp³-hybridized carbons (Fsp3) is 0.476. The van der Waals surface area contributed by atoms with Crippen molar-refractivity contribution in [2.75, 3.05) is 19.9 Å². The lowest BCUT2D eigenvalue weighted by Gasteiger charge is -2.37. The predicted octanol–water partition coefficient (Wildman–Crippen LogP) is 2.60. The summed E-state index contributed by atoms with van der Waals surface area (Å²) >= 11 is 0. The first kappa shape index (κ1) is 19.3. The predicted molar refractivity (Wildman–Crippen MR) is 103 cm³/mol. The minimum absolute atomic E-state index is 0.0288. The van der Waals surface area contributed by atoms with Crippen molar-refractivity contribution in [2.45, 2.75) is 32.7 Å². The van der Waals surface area contributed by atoms with E-state index in [1.54, 1.807) is 11.0 Å². The zero-order valence-electron chi connectivity index (χ0n) is 16.4. The quantitative estimate of drug-likeness (QED) is 0.802. The Balaban J connectivity index is 1.28. The Kier molecular flexibility index (Phi) is 5.69. The number of rotatable bonds is 6. The van der Waals surface area contributed by atoms with E-state index in [4.69, 9.17) is 14.0 Å². The molecule has 2 unspecified atom stereocenters. The van der Waals surface area contributed by atoms with Gasteiger partial charge in [0.1, 0.15) is 0 Å². The highest BCUT2D eigenvalue weighted by Gasteiger charge is 2.33. The molecule has 1 aromatic carbocycles. The van der Waals surface area contributed by atoms with Gasteiger partial charge in [-0.2, -0.15) is 0 Å². The number of fused-ring (bicyclic) bond motifs is 1. The first-order valence-electron chi connectivity index (χ1n) is 9.99. The number of benzene rings is 1. The molecule has 8 nitrogen and oxygen atoms in total. The van der Waals surface area contributed by atoms with E-state index < -0.39 is 0 Å². The maximum Gasteiger partial charge on any atom is 0.292 e. The summed E-state index contributed by atoms with van der Waals surface area (Å²) in [4.78, 5) is 26.8. The van der Waals surface area contributed by atoms with Gasteiger partial charge in [-0.15, -0.1) is 0 Å².